The number of anilines is 1. The summed E-state index contributed by atoms with van der Waals surface area (Å²) in [5, 5.41) is 41.6. The standard InChI is InChI=1S/C52H51N13O9S6.C7H7NO2/c1-25(2)40-52-64-43(35(80-52)19-74-5)45(72)54-18-38(68)55-30(16-27-10-7-6-8-11-27)49-60-34(22-77-49)50-58-32(20-76-50)42-28(13-14-29(56-42)48-61-36(23-78-48)65(24-66)15-9-12-39(69)70)47-59-33(21-75-47)44(71)57-31(17-37(67)53-4)51-63-41(26(3)79-51)46(73)62-40;1-5-2-3-6(4-8-5)7(9)10/h6-8,10-11,13-14,20-25,30-31,40H,9,12,15-19H2,1-5H3,(H,53,67)(H,54,72)(H,55,68)(H,57,71)(H,62,73)(H,69,70);2-4H,1H3,(H,9,10)/t30?,31-,40?;/m0./s1. The summed E-state index contributed by atoms with van der Waals surface area (Å²) in [4.78, 5) is 143. The number of methoxy groups -OCH3 is 1. The topological polar surface area (TPSA) is 353 Å². The van der Waals surface area contributed by atoms with Crippen LogP contribution < -0.4 is 31.5 Å². The third kappa shape index (κ3) is 16.3. The third-order valence-electron chi connectivity index (χ3n) is 13.5. The van der Waals surface area contributed by atoms with Crippen LogP contribution in [0.25, 0.3) is 43.4 Å². The number of carbonyl (C=O) groups excluding carboxylic acids is 6. The van der Waals surface area contributed by atoms with Crippen molar-refractivity contribution in [2.45, 2.75) is 78.1 Å². The minimum atomic E-state index is -0.978. The van der Waals surface area contributed by atoms with E-state index in [-0.39, 0.29) is 61.0 Å². The number of ether oxygens (including phenoxy) is 1. The highest BCUT2D eigenvalue weighted by molar-refractivity contribution is 7.15. The average molecular weight is 1330 g/mol. The van der Waals surface area contributed by atoms with Crippen molar-refractivity contribution in [2.24, 2.45) is 5.92 Å². The number of aromatic nitrogens is 8. The first-order valence-electron chi connectivity index (χ1n) is 27.6. The molecule has 466 valence electrons. The lowest BCUT2D eigenvalue weighted by Crippen LogP contribution is -2.39. The summed E-state index contributed by atoms with van der Waals surface area (Å²) in [6, 6.07) is 14.1. The Kier molecular flexibility index (Phi) is 21.8. The van der Waals surface area contributed by atoms with Crippen LogP contribution in [0.4, 0.5) is 5.82 Å². The zero-order valence-electron chi connectivity index (χ0n) is 49.0. The molecule has 90 heavy (non-hydrogen) atoms. The largest absolute Gasteiger partial charge is 0.481 e. The number of aliphatic carboxylic acids is 1. The molecule has 10 rings (SSSR count). The van der Waals surface area contributed by atoms with Gasteiger partial charge >= 0.3 is 11.9 Å². The number of carboxylic acid groups (broad SMARTS) is 2. The van der Waals surface area contributed by atoms with E-state index >= 15 is 0 Å². The highest BCUT2D eigenvalue weighted by Crippen LogP contribution is 2.39. The van der Waals surface area contributed by atoms with E-state index in [1.165, 1.54) is 88.0 Å². The van der Waals surface area contributed by atoms with Crippen LogP contribution in [0.2, 0.25) is 0 Å². The second-order valence-electron chi connectivity index (χ2n) is 20.3. The van der Waals surface area contributed by atoms with E-state index in [0.717, 1.165) is 22.6 Å². The molecule has 1 aromatic carbocycles. The molecule has 8 aromatic heterocycles. The van der Waals surface area contributed by atoms with E-state index < -0.39 is 66.1 Å². The molecule has 10 bridgehead atoms. The molecule has 2 unspecified atom stereocenters. The molecule has 25 nitrogen and oxygen atoms in total. The highest BCUT2D eigenvalue weighted by Gasteiger charge is 2.32. The predicted octanol–water partition coefficient (Wildman–Crippen LogP) is 8.74. The number of thiazole rings is 6. The summed E-state index contributed by atoms with van der Waals surface area (Å²) in [6.07, 6.45) is 2.22. The number of hydrogen-bond acceptors (Lipinski definition) is 23. The van der Waals surface area contributed by atoms with Crippen molar-refractivity contribution in [3.05, 3.63) is 141 Å². The van der Waals surface area contributed by atoms with Gasteiger partial charge in [0, 0.05) is 71.0 Å². The van der Waals surface area contributed by atoms with Gasteiger partial charge in [-0.1, -0.05) is 44.2 Å². The SMILES string of the molecule is CNC(=O)C[C@@H]1NC(=O)c2csc(n2)-c2ccc(-c3nc(N(C=O)CCCC(=O)O)cs3)nc2-c2csc(n2)-c2csc(n2)C(Cc2ccccc2)NC(=O)CNC(=O)c2nc(sc2COC)C(C(C)C)NC(=O)c2nc1sc2C.Cc1ccc(C(=O)O)cn1. The van der Waals surface area contributed by atoms with Gasteiger partial charge in [-0.2, -0.15) is 0 Å². The van der Waals surface area contributed by atoms with E-state index in [2.05, 4.69) is 31.6 Å². The second kappa shape index (κ2) is 30.0. The molecular weight excluding hydrogens is 1270 g/mol. The van der Waals surface area contributed by atoms with E-state index in [1.54, 1.807) is 35.9 Å². The molecule has 3 atom stereocenters. The number of carbonyl (C=O) groups is 8. The number of nitrogens with one attached hydrogen (secondary N) is 5. The lowest BCUT2D eigenvalue weighted by atomic mass is 10.0. The monoisotopic (exact) mass is 1330 g/mol. The van der Waals surface area contributed by atoms with Crippen LogP contribution in [0.5, 0.6) is 0 Å². The van der Waals surface area contributed by atoms with Crippen LogP contribution >= 0.6 is 68.0 Å². The van der Waals surface area contributed by atoms with Gasteiger partial charge in [-0.15, -0.1) is 68.0 Å². The maximum atomic E-state index is 14.3. The van der Waals surface area contributed by atoms with Crippen LogP contribution in [-0.4, -0.2) is 125 Å². The molecule has 0 fully saturated rings. The number of nitrogens with zero attached hydrogens (tertiary/aromatic N) is 9. The average Bonchev–Trinajstić information content (AvgIpc) is 1.71. The summed E-state index contributed by atoms with van der Waals surface area (Å²) in [6.45, 7) is 7.10. The fourth-order valence-corrected chi connectivity index (χ4v) is 14.4. The predicted molar refractivity (Wildman–Crippen MR) is 342 cm³/mol. The maximum Gasteiger partial charge on any atom is 0.337 e. The molecule has 0 spiro atoms. The molecule has 9 heterocycles. The lowest BCUT2D eigenvalue weighted by Gasteiger charge is -2.20. The van der Waals surface area contributed by atoms with Gasteiger partial charge in [0.15, 0.2) is 0 Å². The normalized spacial score (nSPS) is 15.3. The van der Waals surface area contributed by atoms with Crippen molar-refractivity contribution < 1.29 is 53.3 Å². The van der Waals surface area contributed by atoms with Crippen LogP contribution in [0.1, 0.15) is 129 Å². The Morgan fingerprint density at radius 1 is 0.722 bits per heavy atom. The Bertz CT molecular complexity index is 4080. The molecule has 7 N–H and O–H groups in total. The number of benzene rings is 1. The van der Waals surface area contributed by atoms with Gasteiger partial charge in [-0.25, -0.2) is 39.7 Å². The molecule has 0 saturated heterocycles. The number of fused-ring (bicyclic) bond motifs is 14. The molecule has 9 aromatic rings. The molecule has 0 aliphatic carbocycles. The number of amides is 6. The molecule has 1 aliphatic heterocycles. The number of rotatable bonds is 15. The minimum Gasteiger partial charge on any atom is -0.481 e. The number of aryl methyl sites for hydroxylation is 2. The Morgan fingerprint density at radius 2 is 1.44 bits per heavy atom. The van der Waals surface area contributed by atoms with Gasteiger partial charge in [0.25, 0.3) is 17.7 Å². The first kappa shape index (κ1) is 65.5. The summed E-state index contributed by atoms with van der Waals surface area (Å²) < 4.78 is 5.46. The summed E-state index contributed by atoms with van der Waals surface area (Å²) in [7, 11) is 2.96. The Labute approximate surface area is 538 Å². The van der Waals surface area contributed by atoms with Crippen molar-refractivity contribution in [1.29, 1.82) is 0 Å². The van der Waals surface area contributed by atoms with Crippen molar-refractivity contribution in [3.8, 4) is 43.4 Å². The van der Waals surface area contributed by atoms with Gasteiger partial charge in [0.2, 0.25) is 18.2 Å². The molecule has 1 aliphatic rings. The van der Waals surface area contributed by atoms with Crippen LogP contribution in [-0.2, 0) is 36.9 Å². The first-order chi connectivity index (χ1) is 43.3. The number of pyridine rings is 2. The van der Waals surface area contributed by atoms with E-state index in [0.29, 0.717) is 86.8 Å². The summed E-state index contributed by atoms with van der Waals surface area (Å²) >= 11 is 7.42. The minimum absolute atomic E-state index is 0.0342. The van der Waals surface area contributed by atoms with Gasteiger partial charge in [-0.05, 0) is 62.4 Å². The molecule has 6 amide bonds. The Hall–Kier alpha value is -8.98. The highest BCUT2D eigenvalue weighted by atomic mass is 32.1. The zero-order chi connectivity index (χ0) is 64.2. The number of aromatic carboxylic acids is 1. The molecule has 0 saturated carbocycles. The first-order valence-corrected chi connectivity index (χ1v) is 32.8. The number of hydrogen-bond donors (Lipinski definition) is 7. The molecule has 31 heteroatoms. The smallest absolute Gasteiger partial charge is 0.337 e. The van der Waals surface area contributed by atoms with E-state index in [9.17, 15) is 38.4 Å². The zero-order valence-corrected chi connectivity index (χ0v) is 53.9. The van der Waals surface area contributed by atoms with E-state index in [4.69, 9.17) is 49.8 Å². The summed E-state index contributed by atoms with van der Waals surface area (Å²) in [5.41, 5.74) is 4.45. The van der Waals surface area contributed by atoms with Crippen molar-refractivity contribution >= 4 is 122 Å². The van der Waals surface area contributed by atoms with Gasteiger partial charge < -0.3 is 41.5 Å². The third-order valence-corrected chi connectivity index (χ3v) is 19.2. The second-order valence-corrected chi connectivity index (χ2v) is 26.2. The fourth-order valence-electron chi connectivity index (χ4n) is 8.89. The van der Waals surface area contributed by atoms with Gasteiger partial charge in [-0.3, -0.25) is 43.4 Å². The van der Waals surface area contributed by atoms with Crippen molar-refractivity contribution in [2.75, 3.05) is 32.1 Å². The summed E-state index contributed by atoms with van der Waals surface area (Å²) in [5.74, 6) is -4.45. The Balaban J connectivity index is 0.000000875. The molecular formula is C59H58N14O11S6. The van der Waals surface area contributed by atoms with Gasteiger partial charge in [0.05, 0.1) is 53.8 Å². The Morgan fingerprint density at radius 3 is 2.16 bits per heavy atom. The van der Waals surface area contributed by atoms with E-state index in [1.807, 2.05) is 61.9 Å². The van der Waals surface area contributed by atoms with Crippen LogP contribution in [0.15, 0.2) is 82.3 Å². The van der Waals surface area contributed by atoms with Crippen LogP contribution in [0.3, 0.4) is 0 Å². The van der Waals surface area contributed by atoms with Crippen molar-refractivity contribution in [1.82, 2.24) is 66.5 Å². The number of carboxylic acids is 2. The quantitative estimate of drug-likeness (QED) is 0.0471. The van der Waals surface area contributed by atoms with Crippen LogP contribution in [0, 0.1) is 19.8 Å². The fraction of sp³-hybridized carbons (Fsp3) is 0.288. The van der Waals surface area contributed by atoms with Gasteiger partial charge in [0.1, 0.15) is 70.0 Å². The maximum absolute atomic E-state index is 14.3. The lowest BCUT2D eigenvalue weighted by molar-refractivity contribution is -0.137. The molecule has 0 radical (unpaired) electrons. The van der Waals surface area contributed by atoms with Crippen molar-refractivity contribution in [3.63, 3.8) is 0 Å².